The number of ether oxygens (including phenoxy) is 1. The van der Waals surface area contributed by atoms with Crippen molar-refractivity contribution >= 4 is 17.0 Å². The van der Waals surface area contributed by atoms with Gasteiger partial charge in [-0.05, 0) is 77.4 Å². The minimum absolute atomic E-state index is 0.00340. The van der Waals surface area contributed by atoms with Gasteiger partial charge in [0, 0.05) is 17.7 Å². The molecule has 0 spiro atoms. The molecular weight excluding hydrogens is 640 g/mol. The SMILES string of the molecule is COc1cc(F)c(C(C)C)cc1-c1ccc(C(F)(F)F)cc1[C@@H]1CC[C@H]2[C@@H](c3cc(C(F)(F)F)cc(C(F)(F)F)c3)SC(=O)N12. The molecule has 0 aromatic heterocycles. The maximum absolute atomic E-state index is 14.8. The van der Waals surface area contributed by atoms with Crippen molar-refractivity contribution in [1.29, 1.82) is 0 Å². The van der Waals surface area contributed by atoms with Crippen molar-refractivity contribution in [2.75, 3.05) is 7.11 Å². The number of methoxy groups -OCH3 is 1. The van der Waals surface area contributed by atoms with E-state index in [1.807, 2.05) is 0 Å². The number of carbonyl (C=O) groups excluding carboxylic acids is 1. The van der Waals surface area contributed by atoms with Gasteiger partial charge in [-0.3, -0.25) is 4.79 Å². The third-order valence-electron chi connectivity index (χ3n) is 8.12. The Morgan fingerprint density at radius 2 is 1.40 bits per heavy atom. The van der Waals surface area contributed by atoms with Gasteiger partial charge < -0.3 is 9.64 Å². The maximum Gasteiger partial charge on any atom is 0.416 e. The van der Waals surface area contributed by atoms with Crippen molar-refractivity contribution in [1.82, 2.24) is 4.90 Å². The second-order valence-electron chi connectivity index (χ2n) is 11.2. The van der Waals surface area contributed by atoms with E-state index in [1.54, 1.807) is 13.8 Å². The summed E-state index contributed by atoms with van der Waals surface area (Å²) in [7, 11) is 1.26. The van der Waals surface area contributed by atoms with Crippen LogP contribution in [0.1, 0.15) is 77.3 Å². The molecule has 5 rings (SSSR count). The highest BCUT2D eigenvalue weighted by atomic mass is 32.2. The highest BCUT2D eigenvalue weighted by molar-refractivity contribution is 8.14. The summed E-state index contributed by atoms with van der Waals surface area (Å²) in [5, 5.41) is -1.84. The lowest BCUT2D eigenvalue weighted by Gasteiger charge is -2.28. The number of alkyl halides is 9. The summed E-state index contributed by atoms with van der Waals surface area (Å²) in [6, 6.07) is 4.71. The summed E-state index contributed by atoms with van der Waals surface area (Å²) < 4.78 is 143. The number of benzene rings is 3. The first kappa shape index (κ1) is 33.0. The van der Waals surface area contributed by atoms with Gasteiger partial charge in [0.2, 0.25) is 0 Å². The van der Waals surface area contributed by atoms with Crippen molar-refractivity contribution in [2.24, 2.45) is 0 Å². The molecule has 242 valence electrons. The number of amides is 1. The molecule has 0 N–H and O–H groups in total. The predicted octanol–water partition coefficient (Wildman–Crippen LogP) is 10.8. The Morgan fingerprint density at radius 3 is 1.93 bits per heavy atom. The van der Waals surface area contributed by atoms with E-state index in [-0.39, 0.29) is 58.4 Å². The van der Waals surface area contributed by atoms with Crippen molar-refractivity contribution in [3.63, 3.8) is 0 Å². The van der Waals surface area contributed by atoms with E-state index in [0.29, 0.717) is 23.9 Å². The quantitative estimate of drug-likeness (QED) is 0.254. The Bertz CT molecular complexity index is 1600. The molecule has 2 saturated heterocycles. The number of rotatable bonds is 5. The zero-order valence-electron chi connectivity index (χ0n) is 23.8. The first-order chi connectivity index (χ1) is 20.8. The molecule has 14 heteroatoms. The van der Waals surface area contributed by atoms with Crippen LogP contribution in [0.5, 0.6) is 5.75 Å². The van der Waals surface area contributed by atoms with Gasteiger partial charge in [0.05, 0.1) is 35.1 Å². The fourth-order valence-corrected chi connectivity index (χ4v) is 7.34. The van der Waals surface area contributed by atoms with Crippen LogP contribution in [0.4, 0.5) is 48.7 Å². The zero-order valence-corrected chi connectivity index (χ0v) is 24.6. The molecule has 3 aromatic carbocycles. The Kier molecular flexibility index (Phi) is 8.37. The van der Waals surface area contributed by atoms with Gasteiger partial charge in [-0.1, -0.05) is 31.7 Å². The lowest BCUT2D eigenvalue weighted by molar-refractivity contribution is -0.143. The molecule has 3 aromatic rings. The minimum atomic E-state index is -5.10. The molecule has 45 heavy (non-hydrogen) atoms. The van der Waals surface area contributed by atoms with Gasteiger partial charge in [-0.2, -0.15) is 39.5 Å². The Labute approximate surface area is 255 Å². The summed E-state index contributed by atoms with van der Waals surface area (Å²) in [5.74, 6) is -0.876. The van der Waals surface area contributed by atoms with Crippen LogP contribution in [0.3, 0.4) is 0 Å². The number of hydrogen-bond donors (Lipinski definition) is 0. The van der Waals surface area contributed by atoms with Crippen LogP contribution in [0, 0.1) is 5.82 Å². The van der Waals surface area contributed by atoms with Crippen molar-refractivity contribution in [2.45, 2.75) is 68.5 Å². The summed E-state index contributed by atoms with van der Waals surface area (Å²) >= 11 is 0.531. The van der Waals surface area contributed by atoms with E-state index < -0.39 is 63.6 Å². The van der Waals surface area contributed by atoms with Crippen LogP contribution >= 0.6 is 11.8 Å². The summed E-state index contributed by atoms with van der Waals surface area (Å²) in [6.07, 6.45) is -14.8. The lowest BCUT2D eigenvalue weighted by atomic mass is 9.89. The Hall–Kier alpha value is -3.42. The second kappa shape index (κ2) is 11.4. The molecule has 0 saturated carbocycles. The molecule has 2 heterocycles. The van der Waals surface area contributed by atoms with E-state index >= 15 is 0 Å². The molecule has 0 bridgehead atoms. The molecule has 0 unspecified atom stereocenters. The average molecular weight is 666 g/mol. The average Bonchev–Trinajstić information content (AvgIpc) is 3.52. The normalized spacial score (nSPS) is 20.7. The zero-order chi connectivity index (χ0) is 33.2. The lowest BCUT2D eigenvalue weighted by Crippen LogP contribution is -2.31. The smallest absolute Gasteiger partial charge is 0.416 e. The van der Waals surface area contributed by atoms with Gasteiger partial charge >= 0.3 is 18.5 Å². The van der Waals surface area contributed by atoms with E-state index in [1.165, 1.54) is 24.1 Å². The molecule has 2 fully saturated rings. The molecule has 0 aliphatic carbocycles. The van der Waals surface area contributed by atoms with Crippen molar-refractivity contribution < 1.29 is 53.4 Å². The third-order valence-corrected chi connectivity index (χ3v) is 9.38. The molecule has 2 aliphatic rings. The van der Waals surface area contributed by atoms with Gasteiger partial charge in [0.15, 0.2) is 0 Å². The number of thioether (sulfide) groups is 1. The first-order valence-corrected chi connectivity index (χ1v) is 14.6. The van der Waals surface area contributed by atoms with Gasteiger partial charge in [-0.25, -0.2) is 4.39 Å². The topological polar surface area (TPSA) is 29.5 Å². The van der Waals surface area contributed by atoms with Crippen LogP contribution in [0.2, 0.25) is 0 Å². The number of hydrogen-bond acceptors (Lipinski definition) is 3. The number of fused-ring (bicyclic) bond motifs is 1. The van der Waals surface area contributed by atoms with Gasteiger partial charge in [0.25, 0.3) is 5.24 Å². The molecule has 1 amide bonds. The summed E-state index contributed by atoms with van der Waals surface area (Å²) in [4.78, 5) is 14.6. The van der Waals surface area contributed by atoms with Gasteiger partial charge in [-0.15, -0.1) is 0 Å². The number of halogens is 10. The summed E-state index contributed by atoms with van der Waals surface area (Å²) in [5.41, 5.74) is -3.67. The molecule has 2 aliphatic heterocycles. The van der Waals surface area contributed by atoms with E-state index in [9.17, 15) is 48.7 Å². The van der Waals surface area contributed by atoms with E-state index in [0.717, 1.165) is 18.2 Å². The summed E-state index contributed by atoms with van der Waals surface area (Å²) in [6.45, 7) is 3.45. The number of carbonyl (C=O) groups is 1. The largest absolute Gasteiger partial charge is 0.496 e. The van der Waals surface area contributed by atoms with Crippen molar-refractivity contribution in [3.05, 3.63) is 87.7 Å². The number of nitrogens with zero attached hydrogens (tertiary/aromatic N) is 1. The standard InChI is InChI=1S/C31H25F10NO2S/c1-14(2)20-12-22(26(44-3)13-23(20)32)19-5-4-16(29(33,34)35)11-21(19)24-6-7-25-27(45-28(43)42(24)25)15-8-17(30(36,37)38)10-18(9-15)31(39,40)41/h4-5,8-14,24-25,27H,6-7H2,1-3H3/t24-,25-,27+/m0/s1. The van der Waals surface area contributed by atoms with E-state index in [2.05, 4.69) is 0 Å². The Balaban J connectivity index is 1.64. The molecule has 3 nitrogen and oxygen atoms in total. The van der Waals surface area contributed by atoms with E-state index in [4.69, 9.17) is 4.74 Å². The molecule has 3 atom stereocenters. The third kappa shape index (κ3) is 6.22. The molecule has 0 radical (unpaired) electrons. The highest BCUT2D eigenvalue weighted by Gasteiger charge is 2.51. The Morgan fingerprint density at radius 1 is 0.800 bits per heavy atom. The van der Waals surface area contributed by atoms with Crippen LogP contribution in [-0.4, -0.2) is 23.3 Å². The highest BCUT2D eigenvalue weighted by Crippen LogP contribution is 2.56. The van der Waals surface area contributed by atoms with Crippen LogP contribution in [0.15, 0.2) is 48.5 Å². The monoisotopic (exact) mass is 665 g/mol. The maximum atomic E-state index is 14.8. The predicted molar refractivity (Wildman–Crippen MR) is 147 cm³/mol. The fourth-order valence-electron chi connectivity index (χ4n) is 6.04. The first-order valence-electron chi connectivity index (χ1n) is 13.7. The van der Waals surface area contributed by atoms with Gasteiger partial charge in [0.1, 0.15) is 11.6 Å². The molecular formula is C31H25F10NO2S. The van der Waals surface area contributed by atoms with Crippen LogP contribution in [-0.2, 0) is 18.5 Å². The van der Waals surface area contributed by atoms with Crippen LogP contribution in [0.25, 0.3) is 11.1 Å². The minimum Gasteiger partial charge on any atom is -0.496 e. The fraction of sp³-hybridized carbons (Fsp3) is 0.387. The van der Waals surface area contributed by atoms with Crippen molar-refractivity contribution in [3.8, 4) is 16.9 Å². The second-order valence-corrected chi connectivity index (χ2v) is 12.3. The van der Waals surface area contributed by atoms with Crippen LogP contribution < -0.4 is 4.74 Å².